The summed E-state index contributed by atoms with van der Waals surface area (Å²) < 4.78 is 4.56. The van der Waals surface area contributed by atoms with Crippen molar-refractivity contribution in [1.29, 1.82) is 5.26 Å². The topological polar surface area (TPSA) is 87.9 Å². The molecule has 0 aliphatic carbocycles. The van der Waals surface area contributed by atoms with Gasteiger partial charge in [0.2, 0.25) is 0 Å². The molecule has 0 aliphatic rings. The highest BCUT2D eigenvalue weighted by atomic mass is 16.5. The largest absolute Gasteiger partial charge is 0.468 e. The number of hydrogen-bond acceptors (Lipinski definition) is 6. The van der Waals surface area contributed by atoms with Gasteiger partial charge in [-0.25, -0.2) is 0 Å². The molecule has 0 unspecified atom stereocenters. The number of esters is 1. The van der Waals surface area contributed by atoms with Gasteiger partial charge in [-0.1, -0.05) is 11.6 Å². The molecule has 0 radical (unpaired) electrons. The number of nitrogens with zero attached hydrogens (tertiary/aromatic N) is 3. The summed E-state index contributed by atoms with van der Waals surface area (Å²) in [5, 5.41) is 20.5. The van der Waals surface area contributed by atoms with E-state index in [1.54, 1.807) is 0 Å². The third-order valence-electron chi connectivity index (χ3n) is 2.66. The van der Waals surface area contributed by atoms with Crippen molar-refractivity contribution in [2.45, 2.75) is 6.92 Å². The highest BCUT2D eigenvalue weighted by Crippen LogP contribution is 2.24. The normalized spacial score (nSPS) is 9.95. The van der Waals surface area contributed by atoms with Crippen LogP contribution in [0.3, 0.4) is 0 Å². The maximum atomic E-state index is 11.2. The van der Waals surface area contributed by atoms with Gasteiger partial charge in [0, 0.05) is 5.39 Å². The van der Waals surface area contributed by atoms with Gasteiger partial charge in [0.15, 0.2) is 5.69 Å². The Labute approximate surface area is 110 Å². The van der Waals surface area contributed by atoms with E-state index in [0.717, 1.165) is 10.9 Å². The zero-order valence-electron chi connectivity index (χ0n) is 10.6. The fourth-order valence-corrected chi connectivity index (χ4v) is 1.71. The quantitative estimate of drug-likeness (QED) is 0.835. The Balaban J connectivity index is 2.51. The van der Waals surface area contributed by atoms with Crippen molar-refractivity contribution in [2.24, 2.45) is 0 Å². The molecule has 0 spiro atoms. The van der Waals surface area contributed by atoms with E-state index in [1.165, 1.54) is 7.11 Å². The molecule has 2 aromatic rings. The van der Waals surface area contributed by atoms with Gasteiger partial charge < -0.3 is 10.1 Å². The summed E-state index contributed by atoms with van der Waals surface area (Å²) in [6.07, 6.45) is 0. The number of methoxy groups -OCH3 is 1. The molecule has 1 N–H and O–H groups in total. The minimum Gasteiger partial charge on any atom is -0.468 e. The van der Waals surface area contributed by atoms with E-state index in [0.29, 0.717) is 11.2 Å². The van der Waals surface area contributed by atoms with Crippen molar-refractivity contribution >= 4 is 22.6 Å². The lowest BCUT2D eigenvalue weighted by Crippen LogP contribution is -2.16. The number of ether oxygens (including phenoxy) is 1. The minimum absolute atomic E-state index is 0.0279. The van der Waals surface area contributed by atoms with Gasteiger partial charge >= 0.3 is 5.97 Å². The van der Waals surface area contributed by atoms with Gasteiger partial charge in [-0.3, -0.25) is 4.79 Å². The van der Waals surface area contributed by atoms with Crippen LogP contribution in [0.15, 0.2) is 18.2 Å². The van der Waals surface area contributed by atoms with E-state index in [1.807, 2.05) is 31.2 Å². The van der Waals surface area contributed by atoms with Crippen molar-refractivity contribution < 1.29 is 9.53 Å². The number of anilines is 1. The first kappa shape index (κ1) is 12.8. The zero-order valence-corrected chi connectivity index (χ0v) is 10.6. The second kappa shape index (κ2) is 5.31. The number of fused-ring (bicyclic) bond motifs is 1. The average Bonchev–Trinajstić information content (AvgIpc) is 2.44. The number of benzene rings is 1. The summed E-state index contributed by atoms with van der Waals surface area (Å²) in [5.74, 6) is -0.415. The molecule has 0 bridgehead atoms. The zero-order chi connectivity index (χ0) is 13.8. The number of aryl methyl sites for hydroxylation is 1. The van der Waals surface area contributed by atoms with Crippen molar-refractivity contribution in [3.63, 3.8) is 0 Å². The minimum atomic E-state index is -0.415. The van der Waals surface area contributed by atoms with E-state index >= 15 is 0 Å². The van der Waals surface area contributed by atoms with Crippen LogP contribution in [-0.2, 0) is 9.53 Å². The molecule has 0 saturated heterocycles. The summed E-state index contributed by atoms with van der Waals surface area (Å²) in [7, 11) is 1.31. The highest BCUT2D eigenvalue weighted by molar-refractivity contribution is 5.94. The molecule has 19 heavy (non-hydrogen) atoms. The molecule has 0 fully saturated rings. The fraction of sp³-hybridized carbons (Fsp3) is 0.231. The first-order chi connectivity index (χ1) is 9.15. The number of aromatic nitrogens is 2. The van der Waals surface area contributed by atoms with Gasteiger partial charge in [0.25, 0.3) is 0 Å². The Morgan fingerprint density at radius 2 is 2.26 bits per heavy atom. The van der Waals surface area contributed by atoms with E-state index in [9.17, 15) is 4.79 Å². The molecule has 2 rings (SSSR count). The van der Waals surface area contributed by atoms with Crippen molar-refractivity contribution in [1.82, 2.24) is 10.2 Å². The Hall–Kier alpha value is -2.68. The van der Waals surface area contributed by atoms with Crippen LogP contribution in [0.2, 0.25) is 0 Å². The van der Waals surface area contributed by atoms with E-state index in [4.69, 9.17) is 5.26 Å². The standard InChI is InChI=1S/C13H12N4O2/c1-8-3-4-10-9(5-8)13(11(6-14)17-16-10)15-7-12(18)19-2/h3-5H,7H2,1-2H3,(H,15,16). The van der Waals surface area contributed by atoms with Gasteiger partial charge in [0.1, 0.15) is 12.6 Å². The van der Waals surface area contributed by atoms with Gasteiger partial charge in [-0.15, -0.1) is 10.2 Å². The second-order valence-electron chi connectivity index (χ2n) is 3.99. The third kappa shape index (κ3) is 2.60. The SMILES string of the molecule is COC(=O)CNc1c(C#N)nnc2ccc(C)cc12. The molecule has 0 saturated carbocycles. The van der Waals surface area contributed by atoms with Crippen LogP contribution in [0, 0.1) is 18.3 Å². The van der Waals surface area contributed by atoms with Crippen LogP contribution >= 0.6 is 0 Å². The van der Waals surface area contributed by atoms with E-state index in [-0.39, 0.29) is 12.2 Å². The van der Waals surface area contributed by atoms with Crippen LogP contribution in [-0.4, -0.2) is 29.8 Å². The molecule has 6 nitrogen and oxygen atoms in total. The fourth-order valence-electron chi connectivity index (χ4n) is 1.71. The van der Waals surface area contributed by atoms with Crippen LogP contribution < -0.4 is 5.32 Å². The van der Waals surface area contributed by atoms with Crippen LogP contribution in [0.1, 0.15) is 11.3 Å². The molecule has 1 aromatic heterocycles. The number of carbonyl (C=O) groups excluding carboxylic acids is 1. The van der Waals surface area contributed by atoms with Crippen LogP contribution in [0.25, 0.3) is 10.9 Å². The van der Waals surface area contributed by atoms with Gasteiger partial charge in [-0.05, 0) is 19.1 Å². The van der Waals surface area contributed by atoms with Crippen molar-refractivity contribution in [3.8, 4) is 6.07 Å². The number of hydrogen-bond donors (Lipinski definition) is 1. The Morgan fingerprint density at radius 3 is 2.95 bits per heavy atom. The predicted octanol–water partition coefficient (Wildman–Crippen LogP) is 1.39. The number of rotatable bonds is 3. The summed E-state index contributed by atoms with van der Waals surface area (Å²) >= 11 is 0. The highest BCUT2D eigenvalue weighted by Gasteiger charge is 2.11. The maximum absolute atomic E-state index is 11.2. The number of carbonyl (C=O) groups is 1. The molecule has 0 amide bonds. The molecular weight excluding hydrogens is 244 g/mol. The predicted molar refractivity (Wildman–Crippen MR) is 69.5 cm³/mol. The number of nitriles is 1. The van der Waals surface area contributed by atoms with Crippen LogP contribution in [0.4, 0.5) is 5.69 Å². The second-order valence-corrected chi connectivity index (χ2v) is 3.99. The third-order valence-corrected chi connectivity index (χ3v) is 2.66. The first-order valence-electron chi connectivity index (χ1n) is 5.63. The summed E-state index contributed by atoms with van der Waals surface area (Å²) in [6, 6.07) is 7.59. The monoisotopic (exact) mass is 256 g/mol. The molecule has 0 atom stereocenters. The van der Waals surface area contributed by atoms with E-state index in [2.05, 4.69) is 20.3 Å². The maximum Gasteiger partial charge on any atom is 0.325 e. The van der Waals surface area contributed by atoms with Crippen LogP contribution in [0.5, 0.6) is 0 Å². The van der Waals surface area contributed by atoms with Crippen molar-refractivity contribution in [2.75, 3.05) is 19.0 Å². The lowest BCUT2D eigenvalue weighted by Gasteiger charge is -2.09. The number of nitrogens with one attached hydrogen (secondary N) is 1. The molecular formula is C13H12N4O2. The first-order valence-corrected chi connectivity index (χ1v) is 5.63. The van der Waals surface area contributed by atoms with Gasteiger partial charge in [-0.2, -0.15) is 5.26 Å². The lowest BCUT2D eigenvalue weighted by atomic mass is 10.1. The van der Waals surface area contributed by atoms with E-state index < -0.39 is 5.97 Å². The molecule has 1 aromatic carbocycles. The smallest absolute Gasteiger partial charge is 0.325 e. The summed E-state index contributed by atoms with van der Waals surface area (Å²) in [4.78, 5) is 11.2. The van der Waals surface area contributed by atoms with Crippen molar-refractivity contribution in [3.05, 3.63) is 29.5 Å². The summed E-state index contributed by atoms with van der Waals surface area (Å²) in [6.45, 7) is 1.91. The Kier molecular flexibility index (Phi) is 3.57. The molecule has 1 heterocycles. The average molecular weight is 256 g/mol. The molecule has 0 aliphatic heterocycles. The van der Waals surface area contributed by atoms with Gasteiger partial charge in [0.05, 0.1) is 18.3 Å². The lowest BCUT2D eigenvalue weighted by molar-refractivity contribution is -0.138. The molecule has 96 valence electrons. The summed E-state index contributed by atoms with van der Waals surface area (Å²) in [5.41, 5.74) is 2.35. The molecule has 6 heteroatoms. The Bertz CT molecular complexity index is 676. The Morgan fingerprint density at radius 1 is 1.47 bits per heavy atom.